The normalized spacial score (nSPS) is 10.5. The Bertz CT molecular complexity index is 197. The standard InChI is InChI=1S/C8H11PSe2/c1-10-9(11-2)8-6-4-3-5-7-8/h3-7H,1-2H3. The van der Waals surface area contributed by atoms with Crippen molar-refractivity contribution in [2.75, 3.05) is 0 Å². The summed E-state index contributed by atoms with van der Waals surface area (Å²) in [7, 11) is 0. The molecule has 0 fully saturated rings. The molecule has 1 rings (SSSR count). The van der Waals surface area contributed by atoms with Gasteiger partial charge < -0.3 is 0 Å². The maximum atomic E-state index is 2.36. The average molecular weight is 296 g/mol. The molecule has 11 heavy (non-hydrogen) atoms. The molecule has 0 amide bonds. The van der Waals surface area contributed by atoms with Gasteiger partial charge in [0.05, 0.1) is 0 Å². The Morgan fingerprint density at radius 2 is 1.55 bits per heavy atom. The van der Waals surface area contributed by atoms with E-state index in [1.807, 2.05) is 0 Å². The second kappa shape index (κ2) is 5.35. The molecule has 0 N–H and O–H groups in total. The molecule has 0 aromatic heterocycles. The molecule has 60 valence electrons. The van der Waals surface area contributed by atoms with Crippen molar-refractivity contribution in [2.45, 2.75) is 11.6 Å². The molecule has 0 heterocycles. The summed E-state index contributed by atoms with van der Waals surface area (Å²) in [6.45, 7) is 0. The first-order chi connectivity index (χ1) is 5.38. The number of benzene rings is 1. The van der Waals surface area contributed by atoms with Crippen molar-refractivity contribution in [1.82, 2.24) is 0 Å². The van der Waals surface area contributed by atoms with E-state index in [1.165, 1.54) is 0 Å². The van der Waals surface area contributed by atoms with Crippen LogP contribution in [-0.4, -0.2) is 29.0 Å². The minimum atomic E-state index is 0.274. The van der Waals surface area contributed by atoms with Crippen molar-refractivity contribution >= 4 is 39.6 Å². The first kappa shape index (κ1) is 9.77. The summed E-state index contributed by atoms with van der Waals surface area (Å²) in [5.41, 5.74) is 0. The van der Waals surface area contributed by atoms with Crippen LogP contribution < -0.4 is 5.30 Å². The third-order valence-corrected chi connectivity index (χ3v) is 19.3. The summed E-state index contributed by atoms with van der Waals surface area (Å²) < 4.78 is 0. The topological polar surface area (TPSA) is 0 Å². The van der Waals surface area contributed by atoms with Crippen LogP contribution >= 0.6 is 5.30 Å². The van der Waals surface area contributed by atoms with Crippen LogP contribution in [-0.2, 0) is 0 Å². The Hall–Kier alpha value is 0.689. The van der Waals surface area contributed by atoms with Crippen LogP contribution in [0.4, 0.5) is 0 Å². The van der Waals surface area contributed by atoms with Crippen LogP contribution in [0.25, 0.3) is 0 Å². The Balaban J connectivity index is 2.74. The van der Waals surface area contributed by atoms with Gasteiger partial charge in [0.15, 0.2) is 0 Å². The first-order valence-electron chi connectivity index (χ1n) is 3.32. The zero-order valence-corrected chi connectivity index (χ0v) is 11.0. The monoisotopic (exact) mass is 298 g/mol. The number of hydrogen-bond donors (Lipinski definition) is 0. The third kappa shape index (κ3) is 2.90. The van der Waals surface area contributed by atoms with E-state index in [-0.39, 0.29) is 5.30 Å². The summed E-state index contributed by atoms with van der Waals surface area (Å²) in [5, 5.41) is 1.88. The predicted octanol–water partition coefficient (Wildman–Crippen LogP) is 2.13. The number of hydrogen-bond acceptors (Lipinski definition) is 0. The minimum absolute atomic E-state index is 0.274. The van der Waals surface area contributed by atoms with Gasteiger partial charge in [0, 0.05) is 0 Å². The Morgan fingerprint density at radius 1 is 1.00 bits per heavy atom. The molecule has 1 aromatic carbocycles. The average Bonchev–Trinajstić information content (AvgIpc) is 2.09. The maximum absolute atomic E-state index is 2.36. The van der Waals surface area contributed by atoms with Crippen molar-refractivity contribution in [3.05, 3.63) is 30.3 Å². The molecule has 1 aromatic rings. The predicted molar refractivity (Wildman–Crippen MR) is 56.2 cm³/mol. The Morgan fingerprint density at radius 3 is 2.00 bits per heavy atom. The van der Waals surface area contributed by atoms with Crippen molar-refractivity contribution in [3.8, 4) is 0 Å². The fourth-order valence-electron chi connectivity index (χ4n) is 0.835. The van der Waals surface area contributed by atoms with E-state index in [2.05, 4.69) is 42.0 Å². The van der Waals surface area contributed by atoms with E-state index in [1.54, 1.807) is 5.30 Å². The second-order valence-electron chi connectivity index (χ2n) is 1.96. The van der Waals surface area contributed by atoms with Crippen molar-refractivity contribution in [3.63, 3.8) is 0 Å². The molecular weight excluding hydrogens is 285 g/mol. The van der Waals surface area contributed by atoms with Crippen LogP contribution in [0.3, 0.4) is 0 Å². The van der Waals surface area contributed by atoms with Crippen LogP contribution in [0.2, 0.25) is 11.6 Å². The van der Waals surface area contributed by atoms with Gasteiger partial charge >= 0.3 is 81.6 Å². The zero-order valence-electron chi connectivity index (χ0n) is 6.65. The van der Waals surface area contributed by atoms with Crippen LogP contribution in [0.15, 0.2) is 30.3 Å². The van der Waals surface area contributed by atoms with E-state index >= 15 is 0 Å². The molecule has 0 nitrogen and oxygen atoms in total. The summed E-state index contributed by atoms with van der Waals surface area (Å²) >= 11 is 1.68. The third-order valence-electron chi connectivity index (χ3n) is 1.30. The van der Waals surface area contributed by atoms with Gasteiger partial charge in [0.1, 0.15) is 0 Å². The summed E-state index contributed by atoms with van der Waals surface area (Å²) in [6.07, 6.45) is 0. The van der Waals surface area contributed by atoms with Gasteiger partial charge in [-0.05, 0) is 0 Å². The molecular formula is C8H11PSe2. The van der Waals surface area contributed by atoms with Crippen molar-refractivity contribution in [1.29, 1.82) is 0 Å². The van der Waals surface area contributed by atoms with Crippen molar-refractivity contribution < 1.29 is 0 Å². The SMILES string of the molecule is C[Se]P([Se]C)c1ccccc1. The van der Waals surface area contributed by atoms with E-state index in [0.29, 0.717) is 0 Å². The molecule has 0 saturated carbocycles. The van der Waals surface area contributed by atoms with E-state index in [4.69, 9.17) is 0 Å². The van der Waals surface area contributed by atoms with Crippen molar-refractivity contribution in [2.24, 2.45) is 0 Å². The molecule has 0 aliphatic heterocycles. The molecule has 0 radical (unpaired) electrons. The van der Waals surface area contributed by atoms with Gasteiger partial charge in [0.25, 0.3) is 0 Å². The number of rotatable bonds is 3. The molecule has 0 unspecified atom stereocenters. The fraction of sp³-hybridized carbons (Fsp3) is 0.250. The molecule has 0 saturated heterocycles. The molecule has 0 spiro atoms. The van der Waals surface area contributed by atoms with Gasteiger partial charge in [0.2, 0.25) is 0 Å². The molecule has 0 aliphatic carbocycles. The summed E-state index contributed by atoms with van der Waals surface area (Å²) in [6, 6.07) is 11.0. The van der Waals surface area contributed by atoms with Crippen LogP contribution in [0.1, 0.15) is 0 Å². The summed E-state index contributed by atoms with van der Waals surface area (Å²) in [5.74, 6) is 4.72. The first-order valence-corrected chi connectivity index (χ1v) is 12.5. The van der Waals surface area contributed by atoms with E-state index in [0.717, 1.165) is 29.0 Å². The Labute approximate surface area is 81.4 Å². The van der Waals surface area contributed by atoms with Gasteiger partial charge in [-0.2, -0.15) is 0 Å². The van der Waals surface area contributed by atoms with E-state index in [9.17, 15) is 0 Å². The molecule has 0 bridgehead atoms. The summed E-state index contributed by atoms with van der Waals surface area (Å²) in [4.78, 5) is 0. The van der Waals surface area contributed by atoms with Crippen LogP contribution in [0.5, 0.6) is 0 Å². The molecule has 0 aliphatic rings. The van der Waals surface area contributed by atoms with Gasteiger partial charge in [-0.3, -0.25) is 0 Å². The van der Waals surface area contributed by atoms with E-state index < -0.39 is 0 Å². The molecule has 3 heteroatoms. The zero-order chi connectivity index (χ0) is 8.10. The van der Waals surface area contributed by atoms with Gasteiger partial charge in [-0.15, -0.1) is 0 Å². The van der Waals surface area contributed by atoms with Gasteiger partial charge in [-0.1, -0.05) is 0 Å². The second-order valence-corrected chi connectivity index (χ2v) is 16.4. The quantitative estimate of drug-likeness (QED) is 0.592. The fourth-order valence-corrected chi connectivity index (χ4v) is 11.8. The van der Waals surface area contributed by atoms with Crippen LogP contribution in [0, 0.1) is 0 Å². The van der Waals surface area contributed by atoms with Gasteiger partial charge in [-0.25, -0.2) is 0 Å². The molecule has 0 atom stereocenters. The Kier molecular flexibility index (Phi) is 4.76.